The second-order valence-electron chi connectivity index (χ2n) is 4.50. The molecule has 0 radical (unpaired) electrons. The van der Waals surface area contributed by atoms with Crippen LogP contribution in [0.3, 0.4) is 0 Å². The Morgan fingerprint density at radius 1 is 1.39 bits per heavy atom. The highest BCUT2D eigenvalue weighted by Crippen LogP contribution is 2.15. The predicted octanol–water partition coefficient (Wildman–Crippen LogP) is 3.34. The van der Waals surface area contributed by atoms with E-state index in [2.05, 4.69) is 5.32 Å². The summed E-state index contributed by atoms with van der Waals surface area (Å²) in [5.41, 5.74) is 1.03. The molecule has 100 valence electrons. The second-order valence-corrected chi connectivity index (χ2v) is 4.94. The van der Waals surface area contributed by atoms with E-state index in [1.807, 2.05) is 24.3 Å². The number of benzene rings is 1. The van der Waals surface area contributed by atoms with Crippen LogP contribution >= 0.6 is 11.6 Å². The van der Waals surface area contributed by atoms with E-state index in [0.717, 1.165) is 30.3 Å². The van der Waals surface area contributed by atoms with Gasteiger partial charge in [0.1, 0.15) is 0 Å². The number of rotatable bonds is 6. The van der Waals surface area contributed by atoms with Crippen LogP contribution in [0.2, 0.25) is 5.02 Å². The van der Waals surface area contributed by atoms with Crippen molar-refractivity contribution in [3.63, 3.8) is 0 Å². The average molecular weight is 270 g/mol. The number of ether oxygens (including phenoxy) is 2. The topological polar surface area (TPSA) is 30.5 Å². The van der Waals surface area contributed by atoms with E-state index >= 15 is 0 Å². The van der Waals surface area contributed by atoms with Crippen molar-refractivity contribution in [3.8, 4) is 0 Å². The Morgan fingerprint density at radius 3 is 3.11 bits per heavy atom. The van der Waals surface area contributed by atoms with Gasteiger partial charge in [0, 0.05) is 23.9 Å². The average Bonchev–Trinajstić information content (AvgIpc) is 2.40. The van der Waals surface area contributed by atoms with Crippen LogP contribution in [0.25, 0.3) is 0 Å². The van der Waals surface area contributed by atoms with Crippen LogP contribution in [0.1, 0.15) is 19.3 Å². The largest absolute Gasteiger partial charge is 0.383 e. The summed E-state index contributed by atoms with van der Waals surface area (Å²) < 4.78 is 11.2. The molecule has 1 aromatic carbocycles. The molecule has 1 aliphatic rings. The number of hydrogen-bond acceptors (Lipinski definition) is 3. The summed E-state index contributed by atoms with van der Waals surface area (Å²) in [6.07, 6.45) is 3.87. The molecule has 0 bridgehead atoms. The smallest absolute Gasteiger partial charge is 0.0808 e. The maximum atomic E-state index is 5.90. The highest BCUT2D eigenvalue weighted by molar-refractivity contribution is 6.30. The highest BCUT2D eigenvalue weighted by atomic mass is 35.5. The van der Waals surface area contributed by atoms with E-state index in [1.165, 1.54) is 12.8 Å². The molecule has 1 heterocycles. The minimum absolute atomic E-state index is 0.296. The summed E-state index contributed by atoms with van der Waals surface area (Å²) in [6, 6.07) is 7.70. The lowest BCUT2D eigenvalue weighted by molar-refractivity contribution is -0.0387. The van der Waals surface area contributed by atoms with Crippen molar-refractivity contribution in [2.24, 2.45) is 0 Å². The Balaban J connectivity index is 1.55. The molecule has 0 spiro atoms. The zero-order valence-electron chi connectivity index (χ0n) is 10.5. The van der Waals surface area contributed by atoms with Crippen molar-refractivity contribution in [2.45, 2.75) is 25.4 Å². The van der Waals surface area contributed by atoms with Gasteiger partial charge in [-0.25, -0.2) is 0 Å². The maximum absolute atomic E-state index is 5.90. The summed E-state index contributed by atoms with van der Waals surface area (Å²) in [4.78, 5) is 0. The quantitative estimate of drug-likeness (QED) is 0.804. The van der Waals surface area contributed by atoms with Gasteiger partial charge in [-0.1, -0.05) is 17.7 Å². The van der Waals surface area contributed by atoms with E-state index in [1.54, 1.807) is 0 Å². The van der Waals surface area contributed by atoms with Crippen LogP contribution in [0.15, 0.2) is 24.3 Å². The molecule has 1 N–H and O–H groups in total. The first-order chi connectivity index (χ1) is 8.84. The zero-order chi connectivity index (χ0) is 12.6. The Kier molecular flexibility index (Phi) is 5.78. The van der Waals surface area contributed by atoms with Gasteiger partial charge in [-0.05, 0) is 37.5 Å². The third-order valence-corrected chi connectivity index (χ3v) is 3.21. The Bertz CT molecular complexity index is 353. The zero-order valence-corrected chi connectivity index (χ0v) is 11.3. The van der Waals surface area contributed by atoms with Gasteiger partial charge in [-0.15, -0.1) is 0 Å². The summed E-state index contributed by atoms with van der Waals surface area (Å²) in [7, 11) is 0. The van der Waals surface area contributed by atoms with Crippen molar-refractivity contribution < 1.29 is 9.47 Å². The molecule has 4 heteroatoms. The minimum Gasteiger partial charge on any atom is -0.383 e. The van der Waals surface area contributed by atoms with Crippen LogP contribution in [-0.4, -0.2) is 32.5 Å². The van der Waals surface area contributed by atoms with Crippen molar-refractivity contribution in [1.82, 2.24) is 0 Å². The SMILES string of the molecule is Clc1cccc(NCCOCC2CCCCO2)c1. The van der Waals surface area contributed by atoms with Crippen LogP contribution in [0, 0.1) is 0 Å². The molecule has 0 aromatic heterocycles. The van der Waals surface area contributed by atoms with E-state index in [-0.39, 0.29) is 0 Å². The van der Waals surface area contributed by atoms with Crippen molar-refractivity contribution >= 4 is 17.3 Å². The molecule has 1 fully saturated rings. The molecule has 0 saturated carbocycles. The number of hydrogen-bond donors (Lipinski definition) is 1. The number of halogens is 1. The summed E-state index contributed by atoms with van der Waals surface area (Å²) >= 11 is 5.90. The lowest BCUT2D eigenvalue weighted by Crippen LogP contribution is -2.25. The van der Waals surface area contributed by atoms with Gasteiger partial charge < -0.3 is 14.8 Å². The van der Waals surface area contributed by atoms with Crippen molar-refractivity contribution in [1.29, 1.82) is 0 Å². The van der Waals surface area contributed by atoms with Crippen LogP contribution in [0.5, 0.6) is 0 Å². The summed E-state index contributed by atoms with van der Waals surface area (Å²) in [6.45, 7) is 3.06. The van der Waals surface area contributed by atoms with E-state index in [4.69, 9.17) is 21.1 Å². The molecule has 1 aromatic rings. The molecule has 18 heavy (non-hydrogen) atoms. The first kappa shape index (κ1) is 13.7. The third kappa shape index (κ3) is 4.84. The van der Waals surface area contributed by atoms with Gasteiger partial charge in [0.15, 0.2) is 0 Å². The van der Waals surface area contributed by atoms with Crippen LogP contribution < -0.4 is 5.32 Å². The fraction of sp³-hybridized carbons (Fsp3) is 0.571. The van der Waals surface area contributed by atoms with Gasteiger partial charge in [0.25, 0.3) is 0 Å². The Labute approximate surface area is 113 Å². The van der Waals surface area contributed by atoms with Gasteiger partial charge in [0.05, 0.1) is 19.3 Å². The van der Waals surface area contributed by atoms with E-state index < -0.39 is 0 Å². The Hall–Kier alpha value is -0.770. The molecular weight excluding hydrogens is 250 g/mol. The lowest BCUT2D eigenvalue weighted by atomic mass is 10.1. The fourth-order valence-corrected chi connectivity index (χ4v) is 2.21. The molecule has 0 amide bonds. The van der Waals surface area contributed by atoms with Crippen LogP contribution in [-0.2, 0) is 9.47 Å². The third-order valence-electron chi connectivity index (χ3n) is 2.98. The normalized spacial score (nSPS) is 19.7. The van der Waals surface area contributed by atoms with E-state index in [0.29, 0.717) is 19.3 Å². The van der Waals surface area contributed by atoms with E-state index in [9.17, 15) is 0 Å². The first-order valence-electron chi connectivity index (χ1n) is 6.53. The monoisotopic (exact) mass is 269 g/mol. The molecule has 0 aliphatic carbocycles. The minimum atomic E-state index is 0.296. The molecule has 1 atom stereocenters. The fourth-order valence-electron chi connectivity index (χ4n) is 2.02. The molecule has 2 rings (SSSR count). The molecule has 3 nitrogen and oxygen atoms in total. The highest BCUT2D eigenvalue weighted by Gasteiger charge is 2.13. The molecular formula is C14H20ClNO2. The van der Waals surface area contributed by atoms with Crippen LogP contribution in [0.4, 0.5) is 5.69 Å². The van der Waals surface area contributed by atoms with Crippen molar-refractivity contribution in [2.75, 3.05) is 31.7 Å². The number of anilines is 1. The van der Waals surface area contributed by atoms with Gasteiger partial charge in [0.2, 0.25) is 0 Å². The summed E-state index contributed by atoms with van der Waals surface area (Å²) in [5, 5.41) is 4.02. The standard InChI is InChI=1S/C14H20ClNO2/c15-12-4-3-5-13(10-12)16-7-9-17-11-14-6-1-2-8-18-14/h3-5,10,14,16H,1-2,6-9,11H2. The predicted molar refractivity (Wildman–Crippen MR) is 74.4 cm³/mol. The number of nitrogens with one attached hydrogen (secondary N) is 1. The Morgan fingerprint density at radius 2 is 2.33 bits per heavy atom. The molecule has 1 saturated heterocycles. The molecule has 1 aliphatic heterocycles. The van der Waals surface area contributed by atoms with Crippen molar-refractivity contribution in [3.05, 3.63) is 29.3 Å². The summed E-state index contributed by atoms with van der Waals surface area (Å²) in [5.74, 6) is 0. The maximum Gasteiger partial charge on any atom is 0.0808 e. The lowest BCUT2D eigenvalue weighted by Gasteiger charge is -2.22. The molecule has 1 unspecified atom stereocenters. The van der Waals surface area contributed by atoms with Gasteiger partial charge in [-0.3, -0.25) is 0 Å². The second kappa shape index (κ2) is 7.62. The van der Waals surface area contributed by atoms with Gasteiger partial charge >= 0.3 is 0 Å². The first-order valence-corrected chi connectivity index (χ1v) is 6.91. The van der Waals surface area contributed by atoms with Gasteiger partial charge in [-0.2, -0.15) is 0 Å².